The van der Waals surface area contributed by atoms with Crippen molar-refractivity contribution in [3.8, 4) is 0 Å². The quantitative estimate of drug-likeness (QED) is 0.711. The minimum atomic E-state index is -3.01. The Morgan fingerprint density at radius 1 is 1.41 bits per heavy atom. The molecule has 0 aromatic heterocycles. The smallest absolute Gasteiger partial charge is 0.214 e. The Labute approximate surface area is 110 Å². The molecule has 1 aliphatic rings. The van der Waals surface area contributed by atoms with E-state index in [0.717, 1.165) is 31.7 Å². The van der Waals surface area contributed by atoms with Crippen LogP contribution >= 0.6 is 11.8 Å². The van der Waals surface area contributed by atoms with E-state index in [1.54, 1.807) is 4.31 Å². The lowest BCUT2D eigenvalue weighted by atomic mass is 10.3. The zero-order chi connectivity index (χ0) is 12.7. The molecule has 0 amide bonds. The van der Waals surface area contributed by atoms with E-state index < -0.39 is 10.0 Å². The maximum Gasteiger partial charge on any atom is 0.214 e. The van der Waals surface area contributed by atoms with Gasteiger partial charge in [0.25, 0.3) is 0 Å². The number of sulfonamides is 1. The SMILES string of the molecule is CCNCCCCS(=O)(=O)N1CCSC(C)C1. The predicted molar refractivity (Wildman–Crippen MR) is 75.1 cm³/mol. The summed E-state index contributed by atoms with van der Waals surface area (Å²) in [6.07, 6.45) is 1.69. The van der Waals surface area contributed by atoms with Crippen LogP contribution in [0.2, 0.25) is 0 Å². The lowest BCUT2D eigenvalue weighted by molar-refractivity contribution is 0.422. The molecule has 1 atom stereocenters. The number of unbranched alkanes of at least 4 members (excludes halogenated alkanes) is 1. The van der Waals surface area contributed by atoms with E-state index in [1.807, 2.05) is 11.8 Å². The van der Waals surface area contributed by atoms with Gasteiger partial charge < -0.3 is 5.32 Å². The molecule has 17 heavy (non-hydrogen) atoms. The summed E-state index contributed by atoms with van der Waals surface area (Å²) in [5, 5.41) is 3.64. The molecule has 1 unspecified atom stereocenters. The van der Waals surface area contributed by atoms with Gasteiger partial charge in [-0.25, -0.2) is 12.7 Å². The Morgan fingerprint density at radius 2 is 2.18 bits per heavy atom. The van der Waals surface area contributed by atoms with Crippen molar-refractivity contribution in [1.29, 1.82) is 0 Å². The van der Waals surface area contributed by atoms with Gasteiger partial charge in [0.15, 0.2) is 0 Å². The van der Waals surface area contributed by atoms with Crippen LogP contribution in [0.5, 0.6) is 0 Å². The van der Waals surface area contributed by atoms with Crippen LogP contribution in [0, 0.1) is 0 Å². The Morgan fingerprint density at radius 3 is 2.82 bits per heavy atom. The fourth-order valence-electron chi connectivity index (χ4n) is 1.88. The van der Waals surface area contributed by atoms with E-state index in [-0.39, 0.29) is 0 Å². The topological polar surface area (TPSA) is 49.4 Å². The molecule has 4 nitrogen and oxygen atoms in total. The maximum atomic E-state index is 12.1. The highest BCUT2D eigenvalue weighted by atomic mass is 32.2. The van der Waals surface area contributed by atoms with Gasteiger partial charge in [-0.1, -0.05) is 13.8 Å². The van der Waals surface area contributed by atoms with Crippen LogP contribution in [-0.2, 0) is 10.0 Å². The Kier molecular flexibility index (Phi) is 6.84. The van der Waals surface area contributed by atoms with Crippen LogP contribution in [0.4, 0.5) is 0 Å². The van der Waals surface area contributed by atoms with Crippen molar-refractivity contribution < 1.29 is 8.42 Å². The Bertz CT molecular complexity index is 307. The minimum absolute atomic E-state index is 0.301. The van der Waals surface area contributed by atoms with Gasteiger partial charge in [-0.05, 0) is 25.9 Å². The summed E-state index contributed by atoms with van der Waals surface area (Å²) < 4.78 is 25.8. The van der Waals surface area contributed by atoms with Crippen molar-refractivity contribution in [3.05, 3.63) is 0 Å². The van der Waals surface area contributed by atoms with Crippen LogP contribution < -0.4 is 5.32 Å². The minimum Gasteiger partial charge on any atom is -0.317 e. The molecule has 0 radical (unpaired) electrons. The monoisotopic (exact) mass is 280 g/mol. The zero-order valence-electron chi connectivity index (χ0n) is 10.8. The molecular formula is C11H24N2O2S2. The van der Waals surface area contributed by atoms with Crippen molar-refractivity contribution in [1.82, 2.24) is 9.62 Å². The fraction of sp³-hybridized carbons (Fsp3) is 1.00. The summed E-state index contributed by atoms with van der Waals surface area (Å²) in [6, 6.07) is 0. The van der Waals surface area contributed by atoms with Gasteiger partial charge in [0, 0.05) is 24.1 Å². The van der Waals surface area contributed by atoms with Crippen LogP contribution in [0.25, 0.3) is 0 Å². The molecule has 1 aliphatic heterocycles. The second-order valence-corrected chi connectivity index (χ2v) is 8.05. The second kappa shape index (κ2) is 7.61. The molecule has 1 N–H and O–H groups in total. The van der Waals surface area contributed by atoms with Gasteiger partial charge in [0.1, 0.15) is 0 Å². The lowest BCUT2D eigenvalue weighted by Crippen LogP contribution is -2.42. The molecule has 0 saturated carbocycles. The average molecular weight is 280 g/mol. The molecule has 102 valence electrons. The molecule has 1 rings (SSSR count). The first-order valence-electron chi connectivity index (χ1n) is 6.36. The van der Waals surface area contributed by atoms with Crippen LogP contribution in [0.1, 0.15) is 26.7 Å². The van der Waals surface area contributed by atoms with E-state index in [1.165, 1.54) is 0 Å². The second-order valence-electron chi connectivity index (χ2n) is 4.42. The first kappa shape index (κ1) is 15.3. The summed E-state index contributed by atoms with van der Waals surface area (Å²) in [5.74, 6) is 1.23. The first-order valence-corrected chi connectivity index (χ1v) is 9.02. The number of nitrogens with zero attached hydrogens (tertiary/aromatic N) is 1. The standard InChI is InChI=1S/C11H24N2O2S2/c1-3-12-6-4-5-9-17(14,15)13-7-8-16-11(2)10-13/h11-12H,3-10H2,1-2H3. The molecule has 6 heteroatoms. The van der Waals surface area contributed by atoms with E-state index in [9.17, 15) is 8.42 Å². The first-order chi connectivity index (χ1) is 8.06. The summed E-state index contributed by atoms with van der Waals surface area (Å²) in [6.45, 7) is 7.39. The van der Waals surface area contributed by atoms with Gasteiger partial charge in [0.2, 0.25) is 10.0 Å². The molecule has 1 heterocycles. The summed E-state index contributed by atoms with van der Waals surface area (Å²) >= 11 is 1.86. The third kappa shape index (κ3) is 5.59. The van der Waals surface area contributed by atoms with E-state index >= 15 is 0 Å². The molecule has 0 spiro atoms. The highest BCUT2D eigenvalue weighted by Crippen LogP contribution is 2.20. The summed E-state index contributed by atoms with van der Waals surface area (Å²) in [7, 11) is -3.01. The number of rotatable bonds is 7. The average Bonchev–Trinajstić information content (AvgIpc) is 2.29. The summed E-state index contributed by atoms with van der Waals surface area (Å²) in [5.41, 5.74) is 0. The Balaban J connectivity index is 2.29. The van der Waals surface area contributed by atoms with Gasteiger partial charge >= 0.3 is 0 Å². The van der Waals surface area contributed by atoms with Gasteiger partial charge in [0.05, 0.1) is 5.75 Å². The molecule has 1 saturated heterocycles. The molecule has 1 fully saturated rings. The third-order valence-corrected chi connectivity index (χ3v) is 5.91. The molecular weight excluding hydrogens is 256 g/mol. The maximum absolute atomic E-state index is 12.1. The fourth-order valence-corrected chi connectivity index (χ4v) is 4.75. The van der Waals surface area contributed by atoms with E-state index in [4.69, 9.17) is 0 Å². The van der Waals surface area contributed by atoms with Crippen LogP contribution in [0.3, 0.4) is 0 Å². The summed E-state index contributed by atoms with van der Waals surface area (Å²) in [4.78, 5) is 0. The van der Waals surface area contributed by atoms with E-state index in [2.05, 4.69) is 19.2 Å². The third-order valence-electron chi connectivity index (χ3n) is 2.85. The number of hydrogen-bond acceptors (Lipinski definition) is 4. The molecule has 0 aromatic carbocycles. The number of nitrogens with one attached hydrogen (secondary N) is 1. The van der Waals surface area contributed by atoms with E-state index in [0.29, 0.717) is 24.1 Å². The van der Waals surface area contributed by atoms with Crippen molar-refractivity contribution >= 4 is 21.8 Å². The van der Waals surface area contributed by atoms with Gasteiger partial charge in [-0.3, -0.25) is 0 Å². The van der Waals surface area contributed by atoms with Gasteiger partial charge in [-0.2, -0.15) is 11.8 Å². The number of thioether (sulfide) groups is 1. The highest BCUT2D eigenvalue weighted by Gasteiger charge is 2.26. The lowest BCUT2D eigenvalue weighted by Gasteiger charge is -2.29. The predicted octanol–water partition coefficient (Wildman–Crippen LogP) is 1.14. The molecule has 0 bridgehead atoms. The van der Waals surface area contributed by atoms with Gasteiger partial charge in [-0.15, -0.1) is 0 Å². The van der Waals surface area contributed by atoms with Crippen molar-refractivity contribution in [2.75, 3.05) is 37.7 Å². The van der Waals surface area contributed by atoms with Crippen molar-refractivity contribution in [2.45, 2.75) is 31.9 Å². The number of hydrogen-bond donors (Lipinski definition) is 1. The zero-order valence-corrected chi connectivity index (χ0v) is 12.4. The Hall–Kier alpha value is 0.220. The molecule has 0 aromatic rings. The normalized spacial score (nSPS) is 22.8. The largest absolute Gasteiger partial charge is 0.317 e. The highest BCUT2D eigenvalue weighted by molar-refractivity contribution is 8.00. The van der Waals surface area contributed by atoms with Crippen LogP contribution in [-0.4, -0.2) is 55.7 Å². The molecule has 0 aliphatic carbocycles. The van der Waals surface area contributed by atoms with Crippen molar-refractivity contribution in [2.24, 2.45) is 0 Å². The van der Waals surface area contributed by atoms with Crippen LogP contribution in [0.15, 0.2) is 0 Å². The van der Waals surface area contributed by atoms with Crippen molar-refractivity contribution in [3.63, 3.8) is 0 Å².